The molecule has 0 saturated carbocycles. The lowest BCUT2D eigenvalue weighted by atomic mass is 10.1. The van der Waals surface area contributed by atoms with Crippen LogP contribution in [-0.2, 0) is 4.43 Å². The van der Waals surface area contributed by atoms with Crippen LogP contribution in [0.3, 0.4) is 0 Å². The molecule has 1 aliphatic rings. The van der Waals surface area contributed by atoms with E-state index in [1.54, 1.807) is 37.6 Å². The van der Waals surface area contributed by atoms with Gasteiger partial charge in [0, 0.05) is 36.3 Å². The molecule has 0 spiro atoms. The Labute approximate surface area is 237 Å². The molecule has 0 unspecified atom stereocenters. The highest BCUT2D eigenvalue weighted by Gasteiger charge is 2.36. The summed E-state index contributed by atoms with van der Waals surface area (Å²) in [6.45, 7) is 12.5. The van der Waals surface area contributed by atoms with Crippen molar-refractivity contribution < 1.29 is 18.7 Å². The van der Waals surface area contributed by atoms with Gasteiger partial charge in [-0.25, -0.2) is 4.98 Å². The summed E-state index contributed by atoms with van der Waals surface area (Å²) >= 11 is 0. The van der Waals surface area contributed by atoms with Crippen molar-refractivity contribution in [2.45, 2.75) is 51.7 Å². The lowest BCUT2D eigenvalue weighted by molar-refractivity contribution is 0.102. The fourth-order valence-electron chi connectivity index (χ4n) is 3.96. The third kappa shape index (κ3) is 6.73. The largest absolute Gasteiger partial charge is 0.493 e. The minimum Gasteiger partial charge on any atom is -0.493 e. The standard InChI is InChI=1S/C30H37N5O4Si/c1-30(2,3)40(5,6)39-14-8-7-13-38-28-18-25-26(17-27(28)37-4)35-29(36)23-10-9-20(16-24(23)34-25)33-21-11-12-32-22(15-21)19-31/h9-12,15-18,34H,7-8,13-14H2,1-6H3,(H,32,33)(H,35,36). The first-order chi connectivity index (χ1) is 19.0. The number of carbonyl (C=O) groups excluding carboxylic acids is 1. The summed E-state index contributed by atoms with van der Waals surface area (Å²) in [5.74, 6) is 0.894. The molecule has 4 rings (SSSR count). The zero-order chi connectivity index (χ0) is 28.9. The summed E-state index contributed by atoms with van der Waals surface area (Å²) in [7, 11) is -0.174. The maximum atomic E-state index is 13.0. The molecule has 10 heteroatoms. The van der Waals surface area contributed by atoms with Gasteiger partial charge in [0.25, 0.3) is 5.91 Å². The van der Waals surface area contributed by atoms with E-state index in [0.29, 0.717) is 46.4 Å². The lowest BCUT2D eigenvalue weighted by Crippen LogP contribution is -2.41. The topological polar surface area (TPSA) is 118 Å². The number of methoxy groups -OCH3 is 1. The fraction of sp³-hybridized carbons (Fsp3) is 0.367. The second kappa shape index (κ2) is 12.0. The first-order valence-electron chi connectivity index (χ1n) is 13.3. The number of unbranched alkanes of at least 4 members (excludes halogenated alkanes) is 1. The quantitative estimate of drug-likeness (QED) is 0.176. The van der Waals surface area contributed by atoms with Crippen molar-refractivity contribution in [2.24, 2.45) is 0 Å². The molecule has 1 aromatic heterocycles. The number of nitrogens with one attached hydrogen (secondary N) is 3. The van der Waals surface area contributed by atoms with E-state index in [1.807, 2.05) is 24.3 Å². The van der Waals surface area contributed by atoms with Crippen LogP contribution in [0.1, 0.15) is 49.7 Å². The van der Waals surface area contributed by atoms with Gasteiger partial charge in [-0.1, -0.05) is 20.8 Å². The second-order valence-electron chi connectivity index (χ2n) is 11.2. The number of nitriles is 1. The van der Waals surface area contributed by atoms with Gasteiger partial charge in [-0.05, 0) is 61.3 Å². The molecule has 0 saturated heterocycles. The zero-order valence-electron chi connectivity index (χ0n) is 24.0. The van der Waals surface area contributed by atoms with Crippen molar-refractivity contribution in [1.82, 2.24) is 4.98 Å². The van der Waals surface area contributed by atoms with Crippen LogP contribution in [0, 0.1) is 11.3 Å². The number of ether oxygens (including phenoxy) is 2. The molecule has 2 aromatic carbocycles. The minimum absolute atomic E-state index is 0.191. The molecule has 0 bridgehead atoms. The predicted octanol–water partition coefficient (Wildman–Crippen LogP) is 7.20. The van der Waals surface area contributed by atoms with Crippen LogP contribution in [0.25, 0.3) is 0 Å². The molecule has 0 radical (unpaired) electrons. The van der Waals surface area contributed by atoms with Crippen LogP contribution in [0.2, 0.25) is 18.1 Å². The fourth-order valence-corrected chi connectivity index (χ4v) is 5.05. The maximum Gasteiger partial charge on any atom is 0.257 e. The SMILES string of the molecule is COc1cc2c(cc1OCCCCO[Si](C)(C)C(C)(C)C)Nc1cc(Nc3ccnc(C#N)c3)ccc1C(=O)N2. The van der Waals surface area contributed by atoms with E-state index < -0.39 is 8.32 Å². The van der Waals surface area contributed by atoms with Crippen LogP contribution < -0.4 is 25.4 Å². The van der Waals surface area contributed by atoms with Crippen molar-refractivity contribution in [3.63, 3.8) is 0 Å². The van der Waals surface area contributed by atoms with Gasteiger partial charge < -0.3 is 29.9 Å². The first kappa shape index (κ1) is 28.9. The molecule has 0 atom stereocenters. The average molecular weight is 560 g/mol. The normalized spacial score (nSPS) is 12.7. The second-order valence-corrected chi connectivity index (χ2v) is 16.0. The number of nitrogens with zero attached hydrogens (tertiary/aromatic N) is 2. The summed E-state index contributed by atoms with van der Waals surface area (Å²) in [6.07, 6.45) is 3.33. The van der Waals surface area contributed by atoms with E-state index in [0.717, 1.165) is 30.8 Å². The number of carbonyl (C=O) groups is 1. The molecule has 1 amide bonds. The van der Waals surface area contributed by atoms with Gasteiger partial charge in [0.1, 0.15) is 11.8 Å². The first-order valence-corrected chi connectivity index (χ1v) is 16.3. The molecule has 40 heavy (non-hydrogen) atoms. The monoisotopic (exact) mass is 559 g/mol. The number of anilines is 5. The zero-order valence-corrected chi connectivity index (χ0v) is 25.0. The van der Waals surface area contributed by atoms with Gasteiger partial charge in [-0.2, -0.15) is 5.26 Å². The highest BCUT2D eigenvalue weighted by atomic mass is 28.4. The Morgan fingerprint density at radius 2 is 1.65 bits per heavy atom. The molecular weight excluding hydrogens is 522 g/mol. The Balaban J connectivity index is 1.46. The van der Waals surface area contributed by atoms with Crippen LogP contribution >= 0.6 is 0 Å². The molecule has 0 fully saturated rings. The number of hydrogen-bond donors (Lipinski definition) is 3. The number of aromatic nitrogens is 1. The number of rotatable bonds is 10. The van der Waals surface area contributed by atoms with Gasteiger partial charge in [0.15, 0.2) is 19.8 Å². The Morgan fingerprint density at radius 1 is 0.950 bits per heavy atom. The van der Waals surface area contributed by atoms with Gasteiger partial charge >= 0.3 is 0 Å². The molecule has 3 N–H and O–H groups in total. The molecule has 210 valence electrons. The number of fused-ring (bicyclic) bond motifs is 2. The Kier molecular flexibility index (Phi) is 8.66. The average Bonchev–Trinajstić information content (AvgIpc) is 3.04. The highest BCUT2D eigenvalue weighted by molar-refractivity contribution is 6.74. The van der Waals surface area contributed by atoms with E-state index in [1.165, 1.54) is 0 Å². The number of amides is 1. The van der Waals surface area contributed by atoms with Crippen molar-refractivity contribution in [3.05, 3.63) is 59.9 Å². The summed E-state index contributed by atoms with van der Waals surface area (Å²) in [5, 5.41) is 18.9. The molecule has 1 aliphatic heterocycles. The molecular formula is C30H37N5O4Si. The van der Waals surface area contributed by atoms with Crippen molar-refractivity contribution >= 4 is 42.7 Å². The van der Waals surface area contributed by atoms with Crippen molar-refractivity contribution in [2.75, 3.05) is 36.3 Å². The van der Waals surface area contributed by atoms with Gasteiger partial charge in [-0.3, -0.25) is 4.79 Å². The molecule has 0 aliphatic carbocycles. The van der Waals surface area contributed by atoms with Crippen LogP contribution in [-0.4, -0.2) is 39.5 Å². The number of hydrogen-bond acceptors (Lipinski definition) is 8. The summed E-state index contributed by atoms with van der Waals surface area (Å²) in [6, 6.07) is 14.5. The minimum atomic E-state index is -1.75. The van der Waals surface area contributed by atoms with Gasteiger partial charge in [0.2, 0.25) is 0 Å². The van der Waals surface area contributed by atoms with Crippen LogP contribution in [0.15, 0.2) is 48.7 Å². The Bertz CT molecular complexity index is 1430. The van der Waals surface area contributed by atoms with Crippen LogP contribution in [0.5, 0.6) is 11.5 Å². The number of pyridine rings is 1. The van der Waals surface area contributed by atoms with Crippen LogP contribution in [0.4, 0.5) is 28.4 Å². The van der Waals surface area contributed by atoms with Crippen molar-refractivity contribution in [1.29, 1.82) is 5.26 Å². The van der Waals surface area contributed by atoms with E-state index in [2.05, 4.69) is 54.8 Å². The maximum absolute atomic E-state index is 13.0. The lowest BCUT2D eigenvalue weighted by Gasteiger charge is -2.36. The molecule has 3 aromatic rings. The smallest absolute Gasteiger partial charge is 0.257 e. The third-order valence-corrected chi connectivity index (χ3v) is 11.9. The Hall–Kier alpha value is -4.07. The molecule has 9 nitrogen and oxygen atoms in total. The predicted molar refractivity (Wildman–Crippen MR) is 161 cm³/mol. The van der Waals surface area contributed by atoms with E-state index in [-0.39, 0.29) is 10.9 Å². The van der Waals surface area contributed by atoms with Gasteiger partial charge in [-0.15, -0.1) is 0 Å². The van der Waals surface area contributed by atoms with E-state index >= 15 is 0 Å². The third-order valence-electron chi connectivity index (χ3n) is 7.31. The molecule has 2 heterocycles. The number of benzene rings is 2. The Morgan fingerprint density at radius 3 is 2.38 bits per heavy atom. The van der Waals surface area contributed by atoms with E-state index in [9.17, 15) is 4.79 Å². The van der Waals surface area contributed by atoms with E-state index in [4.69, 9.17) is 19.2 Å². The summed E-state index contributed by atoms with van der Waals surface area (Å²) in [4.78, 5) is 17.0. The summed E-state index contributed by atoms with van der Waals surface area (Å²) < 4.78 is 17.9. The van der Waals surface area contributed by atoms with Gasteiger partial charge in [0.05, 0.1) is 36.3 Å². The summed E-state index contributed by atoms with van der Waals surface area (Å²) in [5.41, 5.74) is 4.21. The highest BCUT2D eigenvalue weighted by Crippen LogP contribution is 2.41. The van der Waals surface area contributed by atoms with Crippen molar-refractivity contribution in [3.8, 4) is 17.6 Å².